The molecule has 1 aliphatic rings. The molecule has 1 aromatic rings. The predicted octanol–water partition coefficient (Wildman–Crippen LogP) is 1.80. The van der Waals surface area contributed by atoms with Crippen molar-refractivity contribution in [2.75, 3.05) is 11.6 Å². The molecular weight excluding hydrogens is 258 g/mol. The zero-order chi connectivity index (χ0) is 13.1. The first kappa shape index (κ1) is 13.3. The van der Waals surface area contributed by atoms with Crippen molar-refractivity contribution in [3.63, 3.8) is 0 Å². The number of benzene rings is 1. The van der Waals surface area contributed by atoms with Gasteiger partial charge in [0.05, 0.1) is 12.1 Å². The molecule has 1 saturated heterocycles. The van der Waals surface area contributed by atoms with Gasteiger partial charge in [0.1, 0.15) is 11.6 Å². The van der Waals surface area contributed by atoms with Gasteiger partial charge < -0.3 is 5.32 Å². The molecule has 1 aromatic carbocycles. The summed E-state index contributed by atoms with van der Waals surface area (Å²) in [6.07, 6.45) is 0. The number of nitrogens with one attached hydrogen (secondary N) is 2. The van der Waals surface area contributed by atoms with E-state index in [9.17, 15) is 13.6 Å². The van der Waals surface area contributed by atoms with Crippen LogP contribution in [0.5, 0.6) is 0 Å². The van der Waals surface area contributed by atoms with Crippen molar-refractivity contribution in [1.82, 2.24) is 10.6 Å². The van der Waals surface area contributed by atoms with Gasteiger partial charge in [-0.2, -0.15) is 0 Å². The zero-order valence-electron chi connectivity index (χ0n) is 9.87. The van der Waals surface area contributed by atoms with Crippen LogP contribution in [0.2, 0.25) is 0 Å². The fraction of sp³-hybridized carbons (Fsp3) is 0.417. The van der Waals surface area contributed by atoms with Crippen molar-refractivity contribution in [3.8, 4) is 0 Å². The Kier molecular flexibility index (Phi) is 4.19. The fourth-order valence-corrected chi connectivity index (χ4v) is 2.74. The van der Waals surface area contributed by atoms with E-state index in [4.69, 9.17) is 0 Å². The molecule has 98 valence electrons. The third-order valence-corrected chi connectivity index (χ3v) is 3.76. The highest BCUT2D eigenvalue weighted by molar-refractivity contribution is 7.99. The molecule has 1 amide bonds. The van der Waals surface area contributed by atoms with Crippen molar-refractivity contribution < 1.29 is 13.6 Å². The summed E-state index contributed by atoms with van der Waals surface area (Å²) in [6.45, 7) is 1.64. The average molecular weight is 272 g/mol. The van der Waals surface area contributed by atoms with Gasteiger partial charge in [-0.15, -0.1) is 11.8 Å². The van der Waals surface area contributed by atoms with Crippen molar-refractivity contribution in [1.29, 1.82) is 0 Å². The number of hydrogen-bond acceptors (Lipinski definition) is 3. The van der Waals surface area contributed by atoms with Crippen LogP contribution >= 0.6 is 11.8 Å². The molecule has 1 heterocycles. The lowest BCUT2D eigenvalue weighted by atomic mass is 10.1. The Bertz CT molecular complexity index is 450. The van der Waals surface area contributed by atoms with Gasteiger partial charge in [-0.25, -0.2) is 8.78 Å². The summed E-state index contributed by atoms with van der Waals surface area (Å²) in [5.41, 5.74) is 0.161. The molecule has 2 rings (SSSR count). The third kappa shape index (κ3) is 3.00. The summed E-state index contributed by atoms with van der Waals surface area (Å²) in [5.74, 6) is 0.224. The van der Waals surface area contributed by atoms with Gasteiger partial charge in [0.25, 0.3) is 0 Å². The van der Waals surface area contributed by atoms with Crippen LogP contribution in [0, 0.1) is 11.6 Å². The quantitative estimate of drug-likeness (QED) is 0.881. The van der Waals surface area contributed by atoms with Gasteiger partial charge in [-0.1, -0.05) is 0 Å². The number of halogens is 2. The lowest BCUT2D eigenvalue weighted by Crippen LogP contribution is -2.43. The number of hydrogen-bond donors (Lipinski definition) is 2. The van der Waals surface area contributed by atoms with E-state index in [1.807, 2.05) is 0 Å². The summed E-state index contributed by atoms with van der Waals surface area (Å²) in [4.78, 5) is 11.8. The van der Waals surface area contributed by atoms with Gasteiger partial charge in [0.2, 0.25) is 5.91 Å². The summed E-state index contributed by atoms with van der Waals surface area (Å²) >= 11 is 1.63. The molecule has 0 aliphatic carbocycles. The van der Waals surface area contributed by atoms with Crippen LogP contribution in [0.4, 0.5) is 8.78 Å². The number of carbonyl (C=O) groups is 1. The van der Waals surface area contributed by atoms with Crippen molar-refractivity contribution in [2.45, 2.75) is 19.0 Å². The topological polar surface area (TPSA) is 41.1 Å². The van der Waals surface area contributed by atoms with Crippen molar-refractivity contribution in [2.24, 2.45) is 0 Å². The van der Waals surface area contributed by atoms with Gasteiger partial charge >= 0.3 is 0 Å². The van der Waals surface area contributed by atoms with E-state index in [1.54, 1.807) is 18.7 Å². The maximum absolute atomic E-state index is 13.5. The van der Waals surface area contributed by atoms with E-state index in [0.29, 0.717) is 5.75 Å². The van der Waals surface area contributed by atoms with Crippen LogP contribution < -0.4 is 10.6 Å². The highest BCUT2D eigenvalue weighted by Crippen LogP contribution is 2.18. The normalized spacial score (nSPS) is 20.7. The molecule has 1 fully saturated rings. The van der Waals surface area contributed by atoms with Crippen molar-refractivity contribution in [3.05, 3.63) is 35.4 Å². The van der Waals surface area contributed by atoms with Gasteiger partial charge in [-0.05, 0) is 25.1 Å². The summed E-state index contributed by atoms with van der Waals surface area (Å²) in [5, 5.41) is 5.71. The molecule has 2 unspecified atom stereocenters. The van der Waals surface area contributed by atoms with Gasteiger partial charge in [0.15, 0.2) is 0 Å². The van der Waals surface area contributed by atoms with Crippen LogP contribution in [0.3, 0.4) is 0 Å². The van der Waals surface area contributed by atoms with E-state index in [2.05, 4.69) is 10.6 Å². The van der Waals surface area contributed by atoms with E-state index < -0.39 is 17.7 Å². The fourth-order valence-electron chi connectivity index (χ4n) is 1.80. The second kappa shape index (κ2) is 5.67. The molecule has 1 aliphatic heterocycles. The van der Waals surface area contributed by atoms with E-state index in [0.717, 1.165) is 24.1 Å². The molecular formula is C12H14F2N2OS. The highest BCUT2D eigenvalue weighted by atomic mass is 32.2. The second-order valence-corrected chi connectivity index (χ2v) is 5.20. The van der Waals surface area contributed by atoms with E-state index >= 15 is 0 Å². The van der Waals surface area contributed by atoms with Crippen molar-refractivity contribution >= 4 is 17.7 Å². The number of carbonyl (C=O) groups excluding carboxylic acids is 1. The first-order chi connectivity index (χ1) is 8.58. The molecule has 0 radical (unpaired) electrons. The molecule has 6 heteroatoms. The maximum atomic E-state index is 13.5. The Balaban J connectivity index is 2.04. The summed E-state index contributed by atoms with van der Waals surface area (Å²) < 4.78 is 26.6. The predicted molar refractivity (Wildman–Crippen MR) is 67.2 cm³/mol. The van der Waals surface area contributed by atoms with Crippen LogP contribution in [0.25, 0.3) is 0 Å². The number of rotatable bonds is 3. The van der Waals surface area contributed by atoms with Gasteiger partial charge in [-0.3, -0.25) is 10.1 Å². The minimum atomic E-state index is -0.555. The first-order valence-corrected chi connectivity index (χ1v) is 6.80. The molecule has 18 heavy (non-hydrogen) atoms. The Morgan fingerprint density at radius 1 is 1.56 bits per heavy atom. The van der Waals surface area contributed by atoms with Crippen LogP contribution in [0.15, 0.2) is 18.2 Å². The maximum Gasteiger partial charge on any atom is 0.238 e. The monoisotopic (exact) mass is 272 g/mol. The minimum Gasteiger partial charge on any atom is -0.348 e. The smallest absolute Gasteiger partial charge is 0.238 e. The molecule has 0 spiro atoms. The summed E-state index contributed by atoms with van der Waals surface area (Å²) in [6, 6.07) is 2.42. The molecule has 0 aromatic heterocycles. The van der Waals surface area contributed by atoms with E-state index in [1.165, 1.54) is 0 Å². The molecule has 0 bridgehead atoms. The SMILES string of the molecule is CC(NC(=O)C1CSCN1)c1cc(F)ccc1F. The third-order valence-electron chi connectivity index (χ3n) is 2.82. The first-order valence-electron chi connectivity index (χ1n) is 5.64. The lowest BCUT2D eigenvalue weighted by Gasteiger charge is -2.17. The molecule has 2 N–H and O–H groups in total. The average Bonchev–Trinajstić information content (AvgIpc) is 2.85. The highest BCUT2D eigenvalue weighted by Gasteiger charge is 2.24. The Hall–Kier alpha value is -1.14. The van der Waals surface area contributed by atoms with Gasteiger partial charge in [0, 0.05) is 17.2 Å². The summed E-state index contributed by atoms with van der Waals surface area (Å²) in [7, 11) is 0. The van der Waals surface area contributed by atoms with E-state index in [-0.39, 0.29) is 17.5 Å². The zero-order valence-corrected chi connectivity index (χ0v) is 10.7. The minimum absolute atomic E-state index is 0.161. The standard InChI is InChI=1S/C12H14F2N2OS/c1-7(9-4-8(13)2-3-10(9)14)16-12(17)11-5-18-6-15-11/h2-4,7,11,15H,5-6H2,1H3,(H,16,17). The Labute approximate surface area is 108 Å². The lowest BCUT2D eigenvalue weighted by molar-refractivity contribution is -0.123. The number of thioether (sulfide) groups is 1. The van der Waals surface area contributed by atoms with Crippen LogP contribution in [-0.2, 0) is 4.79 Å². The number of amides is 1. The van der Waals surface area contributed by atoms with Crippen LogP contribution in [0.1, 0.15) is 18.5 Å². The van der Waals surface area contributed by atoms with Crippen LogP contribution in [-0.4, -0.2) is 23.6 Å². The molecule has 2 atom stereocenters. The Morgan fingerprint density at radius 3 is 3.00 bits per heavy atom. The largest absolute Gasteiger partial charge is 0.348 e. The Morgan fingerprint density at radius 2 is 2.33 bits per heavy atom. The second-order valence-electron chi connectivity index (χ2n) is 4.17. The molecule has 0 saturated carbocycles. The molecule has 3 nitrogen and oxygen atoms in total.